The number of Topliss-reactive ketones (excluding diaryl/α,β-unsaturated/α-hetero) is 1. The summed E-state index contributed by atoms with van der Waals surface area (Å²) < 4.78 is 0. The summed E-state index contributed by atoms with van der Waals surface area (Å²) in [5, 5.41) is 22.2. The molecule has 1 aromatic carbocycles. The number of hydrogen-bond donors (Lipinski definition) is 2. The lowest BCUT2D eigenvalue weighted by atomic mass is 9.86. The normalized spacial score (nSPS) is 11.3. The highest BCUT2D eigenvalue weighted by Gasteiger charge is 2.25. The lowest BCUT2D eigenvalue weighted by Gasteiger charge is -2.20. The van der Waals surface area contributed by atoms with Gasteiger partial charge in [0.05, 0.1) is 5.56 Å². The fourth-order valence-electron chi connectivity index (χ4n) is 5.49. The maximum absolute atomic E-state index is 13.2. The SMILES string of the molecule is CCCCCCCCCCCCCCCCCC(=O)c1c(O)c(CCC)c(CCC)c(O)c1CCC. The van der Waals surface area contributed by atoms with Gasteiger partial charge in [0, 0.05) is 23.1 Å². The molecule has 0 bridgehead atoms. The van der Waals surface area contributed by atoms with E-state index in [0.717, 1.165) is 49.7 Å². The molecular formula is C33H58O3. The highest BCUT2D eigenvalue weighted by molar-refractivity contribution is 6.01. The van der Waals surface area contributed by atoms with Gasteiger partial charge >= 0.3 is 0 Å². The second kappa shape index (κ2) is 20.5. The van der Waals surface area contributed by atoms with Crippen molar-refractivity contribution in [2.45, 2.75) is 169 Å². The molecule has 1 aromatic rings. The van der Waals surface area contributed by atoms with E-state index in [1.807, 2.05) is 0 Å². The molecule has 0 aliphatic carbocycles. The van der Waals surface area contributed by atoms with E-state index in [-0.39, 0.29) is 17.3 Å². The number of aromatic hydroxyl groups is 2. The van der Waals surface area contributed by atoms with Gasteiger partial charge in [0.2, 0.25) is 0 Å². The average Bonchev–Trinajstić information content (AvgIpc) is 2.87. The van der Waals surface area contributed by atoms with Crippen molar-refractivity contribution in [3.63, 3.8) is 0 Å². The van der Waals surface area contributed by atoms with Gasteiger partial charge in [0.1, 0.15) is 11.5 Å². The molecule has 0 spiro atoms. The highest BCUT2D eigenvalue weighted by atomic mass is 16.3. The predicted molar refractivity (Wildman–Crippen MR) is 156 cm³/mol. The number of unbranched alkanes of at least 4 members (excludes halogenated alkanes) is 14. The fraction of sp³-hybridized carbons (Fsp3) is 0.788. The van der Waals surface area contributed by atoms with Gasteiger partial charge in [-0.15, -0.1) is 0 Å². The van der Waals surface area contributed by atoms with Crippen molar-refractivity contribution in [2.75, 3.05) is 0 Å². The van der Waals surface area contributed by atoms with Crippen LogP contribution in [-0.4, -0.2) is 16.0 Å². The second-order valence-corrected chi connectivity index (χ2v) is 10.9. The van der Waals surface area contributed by atoms with Gasteiger partial charge < -0.3 is 10.2 Å². The van der Waals surface area contributed by atoms with E-state index in [9.17, 15) is 15.0 Å². The Morgan fingerprint density at radius 3 is 1.25 bits per heavy atom. The van der Waals surface area contributed by atoms with E-state index in [2.05, 4.69) is 27.7 Å². The van der Waals surface area contributed by atoms with E-state index < -0.39 is 0 Å². The Morgan fingerprint density at radius 1 is 0.472 bits per heavy atom. The van der Waals surface area contributed by atoms with Crippen LogP contribution in [0.15, 0.2) is 0 Å². The van der Waals surface area contributed by atoms with Gasteiger partial charge in [-0.2, -0.15) is 0 Å². The zero-order valence-electron chi connectivity index (χ0n) is 24.4. The van der Waals surface area contributed by atoms with Crippen LogP contribution in [0.25, 0.3) is 0 Å². The Hall–Kier alpha value is -1.51. The monoisotopic (exact) mass is 502 g/mol. The quantitative estimate of drug-likeness (QED) is 0.0888. The van der Waals surface area contributed by atoms with Crippen LogP contribution in [0, 0.1) is 0 Å². The van der Waals surface area contributed by atoms with Crippen molar-refractivity contribution >= 4 is 5.78 Å². The van der Waals surface area contributed by atoms with E-state index in [1.54, 1.807) is 0 Å². The van der Waals surface area contributed by atoms with Crippen LogP contribution in [0.4, 0.5) is 0 Å². The summed E-state index contributed by atoms with van der Waals surface area (Å²) in [5.41, 5.74) is 2.72. The number of carbonyl (C=O) groups excluding carboxylic acids is 1. The molecule has 0 heterocycles. The molecule has 208 valence electrons. The van der Waals surface area contributed by atoms with E-state index in [1.165, 1.54) is 83.5 Å². The van der Waals surface area contributed by atoms with Crippen LogP contribution < -0.4 is 0 Å². The van der Waals surface area contributed by atoms with Crippen LogP contribution in [0.3, 0.4) is 0 Å². The van der Waals surface area contributed by atoms with Crippen molar-refractivity contribution < 1.29 is 15.0 Å². The van der Waals surface area contributed by atoms with E-state index >= 15 is 0 Å². The summed E-state index contributed by atoms with van der Waals surface area (Å²) >= 11 is 0. The molecule has 36 heavy (non-hydrogen) atoms. The number of hydrogen-bond acceptors (Lipinski definition) is 3. The first-order valence-electron chi connectivity index (χ1n) is 15.6. The third-order valence-electron chi connectivity index (χ3n) is 7.55. The molecule has 0 aromatic heterocycles. The topological polar surface area (TPSA) is 57.5 Å². The molecule has 0 aliphatic heterocycles. The van der Waals surface area contributed by atoms with Crippen molar-refractivity contribution in [1.29, 1.82) is 0 Å². The van der Waals surface area contributed by atoms with Crippen molar-refractivity contribution in [3.05, 3.63) is 22.3 Å². The van der Waals surface area contributed by atoms with Crippen LogP contribution in [0.1, 0.15) is 177 Å². The molecule has 0 aliphatic rings. The summed E-state index contributed by atoms with van der Waals surface area (Å²) in [6.07, 6.45) is 24.7. The Bertz CT molecular complexity index is 722. The Kier molecular flexibility index (Phi) is 18.6. The number of carbonyl (C=O) groups is 1. The van der Waals surface area contributed by atoms with Crippen molar-refractivity contribution in [1.82, 2.24) is 0 Å². The average molecular weight is 503 g/mol. The molecule has 0 saturated carbocycles. The van der Waals surface area contributed by atoms with Gasteiger partial charge in [-0.05, 0) is 25.7 Å². The highest BCUT2D eigenvalue weighted by Crippen LogP contribution is 2.40. The number of ketones is 1. The summed E-state index contributed by atoms with van der Waals surface area (Å²) in [5.74, 6) is 0.411. The zero-order chi connectivity index (χ0) is 26.6. The molecule has 0 saturated heterocycles. The molecule has 3 nitrogen and oxygen atoms in total. The zero-order valence-corrected chi connectivity index (χ0v) is 24.4. The van der Waals surface area contributed by atoms with Gasteiger partial charge in [0.15, 0.2) is 5.78 Å². The minimum Gasteiger partial charge on any atom is -0.507 e. The lowest BCUT2D eigenvalue weighted by Crippen LogP contribution is -2.10. The fourth-order valence-corrected chi connectivity index (χ4v) is 5.49. The second-order valence-electron chi connectivity index (χ2n) is 10.9. The van der Waals surface area contributed by atoms with Crippen LogP contribution in [0.5, 0.6) is 11.5 Å². The Morgan fingerprint density at radius 2 is 0.833 bits per heavy atom. The Balaban J connectivity index is 2.42. The minimum absolute atomic E-state index is 0.00125. The summed E-state index contributed by atoms with van der Waals surface area (Å²) in [6.45, 7) is 8.49. The van der Waals surface area contributed by atoms with Crippen LogP contribution in [0.2, 0.25) is 0 Å². The van der Waals surface area contributed by atoms with Crippen LogP contribution in [-0.2, 0) is 19.3 Å². The summed E-state index contributed by atoms with van der Waals surface area (Å²) in [4.78, 5) is 13.2. The first kappa shape index (κ1) is 32.5. The first-order valence-corrected chi connectivity index (χ1v) is 15.6. The van der Waals surface area contributed by atoms with E-state index in [4.69, 9.17) is 0 Å². The third-order valence-corrected chi connectivity index (χ3v) is 7.55. The number of rotatable bonds is 23. The molecule has 0 amide bonds. The number of benzene rings is 1. The number of phenols is 2. The maximum Gasteiger partial charge on any atom is 0.167 e. The standard InChI is InChI=1S/C33H58O3/c1-5-9-10-11-12-13-14-15-16-17-18-19-20-21-22-26-30(34)31-29(25-8-4)32(35)27(23-6-2)28(24-7-3)33(31)36/h35-36H,5-26H2,1-4H3. The van der Waals surface area contributed by atoms with Crippen LogP contribution >= 0.6 is 0 Å². The molecular weight excluding hydrogens is 444 g/mol. The molecule has 2 N–H and O–H groups in total. The maximum atomic E-state index is 13.2. The molecule has 3 heteroatoms. The van der Waals surface area contributed by atoms with Gasteiger partial charge in [0.25, 0.3) is 0 Å². The Labute approximate surface area is 223 Å². The third kappa shape index (κ3) is 11.7. The molecule has 0 fully saturated rings. The van der Waals surface area contributed by atoms with Gasteiger partial charge in [-0.25, -0.2) is 0 Å². The lowest BCUT2D eigenvalue weighted by molar-refractivity contribution is 0.0974. The summed E-state index contributed by atoms with van der Waals surface area (Å²) in [6, 6.07) is 0. The molecule has 1 rings (SSSR count). The predicted octanol–water partition coefficient (Wildman–Crippen LogP) is 10.4. The van der Waals surface area contributed by atoms with E-state index in [0.29, 0.717) is 30.4 Å². The smallest absolute Gasteiger partial charge is 0.167 e. The first-order chi connectivity index (χ1) is 17.5. The molecule has 0 atom stereocenters. The van der Waals surface area contributed by atoms with Crippen molar-refractivity contribution in [2.24, 2.45) is 0 Å². The molecule has 0 radical (unpaired) electrons. The molecule has 0 unspecified atom stereocenters. The summed E-state index contributed by atoms with van der Waals surface area (Å²) in [7, 11) is 0. The number of phenolic OH excluding ortho intramolecular Hbond substituents is 2. The van der Waals surface area contributed by atoms with Gasteiger partial charge in [-0.3, -0.25) is 4.79 Å². The van der Waals surface area contributed by atoms with Gasteiger partial charge in [-0.1, -0.05) is 137 Å². The van der Waals surface area contributed by atoms with Crippen molar-refractivity contribution in [3.8, 4) is 11.5 Å². The largest absolute Gasteiger partial charge is 0.507 e. The minimum atomic E-state index is 0.00125.